The zero-order chi connectivity index (χ0) is 16.4. The molecule has 4 aromatic rings. The minimum Gasteiger partial charge on any atom is -0.333 e. The van der Waals surface area contributed by atoms with E-state index in [4.69, 9.17) is 0 Å². The molecular weight excluding hydrogens is 318 g/mol. The molecule has 0 spiro atoms. The van der Waals surface area contributed by atoms with Crippen molar-refractivity contribution in [3.63, 3.8) is 0 Å². The normalized spacial score (nSPS) is 10.8. The van der Waals surface area contributed by atoms with E-state index in [1.54, 1.807) is 12.5 Å². The molecule has 0 bridgehead atoms. The minimum absolute atomic E-state index is 0.0732. The molecule has 0 saturated heterocycles. The van der Waals surface area contributed by atoms with Crippen LogP contribution in [0.5, 0.6) is 0 Å². The molecule has 1 N–H and O–H groups in total. The summed E-state index contributed by atoms with van der Waals surface area (Å²) in [7, 11) is 0. The Hall–Kier alpha value is -2.92. The molecule has 2 heterocycles. The summed E-state index contributed by atoms with van der Waals surface area (Å²) in [6, 6.07) is 17.8. The summed E-state index contributed by atoms with van der Waals surface area (Å²) in [6.07, 6.45) is 5.46. The van der Waals surface area contributed by atoms with Crippen molar-refractivity contribution >= 4 is 33.0 Å². The Bertz CT molecular complexity index is 956. The van der Waals surface area contributed by atoms with Crippen LogP contribution < -0.4 is 5.32 Å². The molecule has 2 aromatic heterocycles. The van der Waals surface area contributed by atoms with E-state index in [0.29, 0.717) is 0 Å². The third-order valence-corrected chi connectivity index (χ3v) is 4.87. The van der Waals surface area contributed by atoms with E-state index < -0.39 is 0 Å². The molecule has 1 amide bonds. The third kappa shape index (κ3) is 3.07. The number of amides is 1. The quantitative estimate of drug-likeness (QED) is 0.602. The first-order valence-electron chi connectivity index (χ1n) is 7.62. The number of fused-ring (bicyclic) bond motifs is 1. The van der Waals surface area contributed by atoms with Gasteiger partial charge in [-0.3, -0.25) is 4.79 Å². The molecule has 0 radical (unpaired) electrons. The van der Waals surface area contributed by atoms with Gasteiger partial charge in [0.2, 0.25) is 0 Å². The van der Waals surface area contributed by atoms with Crippen LogP contribution in [-0.4, -0.2) is 15.5 Å². The van der Waals surface area contributed by atoms with E-state index >= 15 is 0 Å². The van der Waals surface area contributed by atoms with E-state index in [2.05, 4.69) is 10.3 Å². The van der Waals surface area contributed by atoms with Gasteiger partial charge in [0.25, 0.3) is 5.91 Å². The number of anilines is 1. The lowest BCUT2D eigenvalue weighted by molar-refractivity contribution is 0.103. The van der Waals surface area contributed by atoms with Gasteiger partial charge in [0.15, 0.2) is 0 Å². The zero-order valence-electron chi connectivity index (χ0n) is 12.8. The van der Waals surface area contributed by atoms with Gasteiger partial charge in [-0.25, -0.2) is 4.98 Å². The standard InChI is InChI=1S/C19H15N3OS/c23-19(18-11-15-5-1-2-7-17(15)24-18)21-16-6-3-4-14(10-16)12-22-9-8-20-13-22/h1-11,13H,12H2,(H,21,23). The maximum absolute atomic E-state index is 12.5. The van der Waals surface area contributed by atoms with E-state index in [1.807, 2.05) is 65.4 Å². The van der Waals surface area contributed by atoms with Crippen LogP contribution >= 0.6 is 11.3 Å². The molecule has 0 fully saturated rings. The van der Waals surface area contributed by atoms with Crippen molar-refractivity contribution in [2.75, 3.05) is 5.32 Å². The first-order valence-corrected chi connectivity index (χ1v) is 8.44. The molecule has 24 heavy (non-hydrogen) atoms. The second kappa shape index (κ2) is 6.29. The van der Waals surface area contributed by atoms with Crippen LogP contribution in [0.1, 0.15) is 15.2 Å². The maximum Gasteiger partial charge on any atom is 0.265 e. The van der Waals surface area contributed by atoms with Crippen molar-refractivity contribution < 1.29 is 4.79 Å². The molecule has 0 atom stereocenters. The number of aromatic nitrogens is 2. The van der Waals surface area contributed by atoms with Gasteiger partial charge in [-0.2, -0.15) is 0 Å². The van der Waals surface area contributed by atoms with Gasteiger partial charge in [0.1, 0.15) is 0 Å². The Morgan fingerprint density at radius 1 is 1.12 bits per heavy atom. The van der Waals surface area contributed by atoms with E-state index in [9.17, 15) is 4.79 Å². The number of benzene rings is 2. The number of nitrogens with zero attached hydrogens (tertiary/aromatic N) is 2. The van der Waals surface area contributed by atoms with Crippen LogP contribution in [0.2, 0.25) is 0 Å². The monoisotopic (exact) mass is 333 g/mol. The van der Waals surface area contributed by atoms with Crippen LogP contribution in [0.25, 0.3) is 10.1 Å². The summed E-state index contributed by atoms with van der Waals surface area (Å²) in [4.78, 5) is 17.3. The molecule has 118 valence electrons. The second-order valence-corrected chi connectivity index (χ2v) is 6.62. The molecule has 0 aliphatic heterocycles. The third-order valence-electron chi connectivity index (χ3n) is 3.76. The number of hydrogen-bond acceptors (Lipinski definition) is 3. The molecule has 4 rings (SSSR count). The predicted molar refractivity (Wildman–Crippen MR) is 97.5 cm³/mol. The number of hydrogen-bond donors (Lipinski definition) is 1. The molecule has 0 saturated carbocycles. The average Bonchev–Trinajstić information content (AvgIpc) is 3.24. The van der Waals surface area contributed by atoms with Crippen LogP contribution in [0.15, 0.2) is 73.3 Å². The average molecular weight is 333 g/mol. The van der Waals surface area contributed by atoms with Crippen LogP contribution in [0.4, 0.5) is 5.69 Å². The fourth-order valence-corrected chi connectivity index (χ4v) is 3.58. The Morgan fingerprint density at radius 3 is 2.88 bits per heavy atom. The van der Waals surface area contributed by atoms with Crippen LogP contribution in [0.3, 0.4) is 0 Å². The van der Waals surface area contributed by atoms with Gasteiger partial charge in [-0.1, -0.05) is 30.3 Å². The summed E-state index contributed by atoms with van der Waals surface area (Å²) in [5, 5.41) is 4.08. The summed E-state index contributed by atoms with van der Waals surface area (Å²) in [5.74, 6) is -0.0732. The second-order valence-electron chi connectivity index (χ2n) is 5.54. The van der Waals surface area contributed by atoms with Gasteiger partial charge in [0.05, 0.1) is 11.2 Å². The molecule has 5 heteroatoms. The van der Waals surface area contributed by atoms with Gasteiger partial charge in [-0.05, 0) is 35.2 Å². The lowest BCUT2D eigenvalue weighted by atomic mass is 10.2. The van der Waals surface area contributed by atoms with Crippen molar-refractivity contribution in [3.8, 4) is 0 Å². The smallest absolute Gasteiger partial charge is 0.265 e. The lowest BCUT2D eigenvalue weighted by Gasteiger charge is -2.07. The molecule has 0 aliphatic rings. The van der Waals surface area contributed by atoms with Crippen molar-refractivity contribution in [2.45, 2.75) is 6.54 Å². The number of nitrogens with one attached hydrogen (secondary N) is 1. The highest BCUT2D eigenvalue weighted by Gasteiger charge is 2.10. The Balaban J connectivity index is 1.53. The van der Waals surface area contributed by atoms with Crippen molar-refractivity contribution in [1.29, 1.82) is 0 Å². The first-order chi connectivity index (χ1) is 11.8. The number of rotatable bonds is 4. The van der Waals surface area contributed by atoms with E-state index in [-0.39, 0.29) is 5.91 Å². The van der Waals surface area contributed by atoms with Gasteiger partial charge >= 0.3 is 0 Å². The van der Waals surface area contributed by atoms with Crippen LogP contribution in [0, 0.1) is 0 Å². The topological polar surface area (TPSA) is 46.9 Å². The first kappa shape index (κ1) is 14.7. The molecule has 0 aliphatic carbocycles. The van der Waals surface area contributed by atoms with E-state index in [1.165, 1.54) is 11.3 Å². The fraction of sp³-hybridized carbons (Fsp3) is 0.0526. The Labute approximate surface area is 143 Å². The van der Waals surface area contributed by atoms with Gasteiger partial charge in [0, 0.05) is 29.3 Å². The summed E-state index contributed by atoms with van der Waals surface area (Å²) in [5.41, 5.74) is 1.91. The number of thiophene rings is 1. The molecule has 0 unspecified atom stereocenters. The van der Waals surface area contributed by atoms with Crippen molar-refractivity contribution in [3.05, 3.63) is 83.8 Å². The van der Waals surface area contributed by atoms with Crippen LogP contribution in [-0.2, 0) is 6.54 Å². The van der Waals surface area contributed by atoms with Crippen molar-refractivity contribution in [1.82, 2.24) is 9.55 Å². The summed E-state index contributed by atoms with van der Waals surface area (Å²) < 4.78 is 3.11. The lowest BCUT2D eigenvalue weighted by Crippen LogP contribution is -2.10. The zero-order valence-corrected chi connectivity index (χ0v) is 13.7. The SMILES string of the molecule is O=C(Nc1cccc(Cn2ccnc2)c1)c1cc2ccccc2s1. The summed E-state index contributed by atoms with van der Waals surface area (Å²) >= 11 is 1.51. The molecule has 2 aromatic carbocycles. The Morgan fingerprint density at radius 2 is 2.04 bits per heavy atom. The number of carbonyl (C=O) groups excluding carboxylic acids is 1. The van der Waals surface area contributed by atoms with E-state index in [0.717, 1.165) is 32.8 Å². The highest BCUT2D eigenvalue weighted by Crippen LogP contribution is 2.26. The predicted octanol–water partition coefficient (Wildman–Crippen LogP) is 4.40. The highest BCUT2D eigenvalue weighted by molar-refractivity contribution is 7.20. The van der Waals surface area contributed by atoms with Crippen molar-refractivity contribution in [2.24, 2.45) is 0 Å². The fourth-order valence-electron chi connectivity index (χ4n) is 2.62. The Kier molecular flexibility index (Phi) is 3.84. The highest BCUT2D eigenvalue weighted by atomic mass is 32.1. The number of carbonyl (C=O) groups is 1. The largest absolute Gasteiger partial charge is 0.333 e. The van der Waals surface area contributed by atoms with Gasteiger partial charge < -0.3 is 9.88 Å². The molecular formula is C19H15N3OS. The summed E-state index contributed by atoms with van der Waals surface area (Å²) in [6.45, 7) is 0.729. The minimum atomic E-state index is -0.0732. The van der Waals surface area contributed by atoms with Gasteiger partial charge in [-0.15, -0.1) is 11.3 Å². The maximum atomic E-state index is 12.5. The number of imidazole rings is 1. The molecule has 4 nitrogen and oxygen atoms in total.